The normalized spacial score (nSPS) is 10.9. The second kappa shape index (κ2) is 6.19. The summed E-state index contributed by atoms with van der Waals surface area (Å²) in [7, 11) is 1.67. The van der Waals surface area contributed by atoms with Gasteiger partial charge in [0.25, 0.3) is 0 Å². The van der Waals surface area contributed by atoms with Crippen LogP contribution in [0.2, 0.25) is 5.15 Å². The third-order valence-electron chi connectivity index (χ3n) is 3.46. The smallest absolute Gasteiger partial charge is 0.143 e. The van der Waals surface area contributed by atoms with Gasteiger partial charge in [0.05, 0.1) is 12.5 Å². The Bertz CT molecular complexity index is 802. The van der Waals surface area contributed by atoms with E-state index in [0.717, 1.165) is 29.0 Å². The Kier molecular flexibility index (Phi) is 4.11. The van der Waals surface area contributed by atoms with E-state index in [4.69, 9.17) is 16.3 Å². The Morgan fingerprint density at radius 2 is 2.14 bits per heavy atom. The molecular formula is C15H16ClN5O. The molecule has 114 valence electrons. The second-order valence-corrected chi connectivity index (χ2v) is 5.23. The number of hydrogen-bond donors (Lipinski definition) is 1. The van der Waals surface area contributed by atoms with Gasteiger partial charge in [0.1, 0.15) is 28.7 Å². The number of fused-ring (bicyclic) bond motifs is 1. The molecule has 0 aromatic carbocycles. The largest absolute Gasteiger partial charge is 0.496 e. The maximum Gasteiger partial charge on any atom is 0.143 e. The predicted molar refractivity (Wildman–Crippen MR) is 86.6 cm³/mol. The standard InChI is InChI=1S/C15H16ClN5O/c1-10-7-11-12(22-2)3-4-18-15(11)21(10)6-5-17-14-8-13(16)19-9-20-14/h3-4,7-9H,5-6H2,1-2H3,(H,17,19,20). The van der Waals surface area contributed by atoms with E-state index in [1.165, 1.54) is 6.33 Å². The molecule has 3 aromatic heterocycles. The summed E-state index contributed by atoms with van der Waals surface area (Å²) < 4.78 is 7.53. The van der Waals surface area contributed by atoms with E-state index >= 15 is 0 Å². The summed E-state index contributed by atoms with van der Waals surface area (Å²) >= 11 is 5.84. The lowest BCUT2D eigenvalue weighted by Gasteiger charge is -2.09. The van der Waals surface area contributed by atoms with Crippen molar-refractivity contribution in [3.63, 3.8) is 0 Å². The van der Waals surface area contributed by atoms with Crippen molar-refractivity contribution in [2.24, 2.45) is 0 Å². The summed E-state index contributed by atoms with van der Waals surface area (Å²) in [6, 6.07) is 5.65. The third-order valence-corrected chi connectivity index (χ3v) is 3.67. The molecule has 3 aromatic rings. The number of anilines is 1. The maximum atomic E-state index is 5.84. The van der Waals surface area contributed by atoms with Crippen LogP contribution in [0, 0.1) is 6.92 Å². The first-order valence-corrected chi connectivity index (χ1v) is 7.27. The van der Waals surface area contributed by atoms with Crippen molar-refractivity contribution in [2.75, 3.05) is 19.0 Å². The number of methoxy groups -OCH3 is 1. The highest BCUT2D eigenvalue weighted by molar-refractivity contribution is 6.29. The molecule has 0 unspecified atom stereocenters. The van der Waals surface area contributed by atoms with Crippen LogP contribution >= 0.6 is 11.6 Å². The fourth-order valence-electron chi connectivity index (χ4n) is 2.44. The topological polar surface area (TPSA) is 64.9 Å². The van der Waals surface area contributed by atoms with Gasteiger partial charge in [0, 0.05) is 31.0 Å². The van der Waals surface area contributed by atoms with Gasteiger partial charge in [-0.1, -0.05) is 11.6 Å². The molecule has 0 aliphatic rings. The molecule has 7 heteroatoms. The van der Waals surface area contributed by atoms with Gasteiger partial charge >= 0.3 is 0 Å². The quantitative estimate of drug-likeness (QED) is 0.733. The van der Waals surface area contributed by atoms with Crippen molar-refractivity contribution in [2.45, 2.75) is 13.5 Å². The van der Waals surface area contributed by atoms with E-state index < -0.39 is 0 Å². The van der Waals surface area contributed by atoms with Crippen molar-refractivity contribution in [1.82, 2.24) is 19.5 Å². The Morgan fingerprint density at radius 3 is 2.91 bits per heavy atom. The number of pyridine rings is 1. The zero-order valence-corrected chi connectivity index (χ0v) is 13.1. The second-order valence-electron chi connectivity index (χ2n) is 4.84. The molecule has 1 N–H and O–H groups in total. The molecule has 6 nitrogen and oxygen atoms in total. The molecule has 0 radical (unpaired) electrons. The van der Waals surface area contributed by atoms with E-state index in [2.05, 4.69) is 37.8 Å². The van der Waals surface area contributed by atoms with Gasteiger partial charge in [0.2, 0.25) is 0 Å². The molecule has 0 aliphatic heterocycles. The Labute approximate surface area is 133 Å². The van der Waals surface area contributed by atoms with E-state index in [9.17, 15) is 0 Å². The highest BCUT2D eigenvalue weighted by atomic mass is 35.5. The Hall–Kier alpha value is -2.34. The average Bonchev–Trinajstić information content (AvgIpc) is 2.83. The minimum atomic E-state index is 0.423. The molecular weight excluding hydrogens is 302 g/mol. The monoisotopic (exact) mass is 317 g/mol. The van der Waals surface area contributed by atoms with Crippen LogP contribution in [0.4, 0.5) is 5.82 Å². The van der Waals surface area contributed by atoms with Crippen molar-refractivity contribution < 1.29 is 4.74 Å². The molecule has 0 spiro atoms. The third kappa shape index (κ3) is 2.82. The molecule has 0 saturated carbocycles. The first-order chi connectivity index (χ1) is 10.7. The van der Waals surface area contributed by atoms with Crippen LogP contribution in [0.15, 0.2) is 30.7 Å². The van der Waals surface area contributed by atoms with Gasteiger partial charge in [-0.25, -0.2) is 15.0 Å². The first-order valence-electron chi connectivity index (χ1n) is 6.89. The number of aryl methyl sites for hydroxylation is 1. The van der Waals surface area contributed by atoms with Crippen LogP contribution in [-0.4, -0.2) is 33.2 Å². The fraction of sp³-hybridized carbons (Fsp3) is 0.267. The minimum absolute atomic E-state index is 0.423. The molecule has 22 heavy (non-hydrogen) atoms. The average molecular weight is 318 g/mol. The number of halogens is 1. The lowest BCUT2D eigenvalue weighted by Crippen LogP contribution is -2.12. The van der Waals surface area contributed by atoms with Crippen LogP contribution in [0.25, 0.3) is 11.0 Å². The number of aromatic nitrogens is 4. The number of nitrogens with zero attached hydrogens (tertiary/aromatic N) is 4. The van der Waals surface area contributed by atoms with Crippen LogP contribution < -0.4 is 10.1 Å². The van der Waals surface area contributed by atoms with Crippen LogP contribution in [-0.2, 0) is 6.54 Å². The zero-order valence-electron chi connectivity index (χ0n) is 12.4. The van der Waals surface area contributed by atoms with Gasteiger partial charge in [-0.05, 0) is 19.1 Å². The van der Waals surface area contributed by atoms with Crippen LogP contribution in [0.5, 0.6) is 5.75 Å². The lowest BCUT2D eigenvalue weighted by atomic mass is 10.3. The Balaban J connectivity index is 1.78. The summed E-state index contributed by atoms with van der Waals surface area (Å²) in [4.78, 5) is 12.4. The number of rotatable bonds is 5. The minimum Gasteiger partial charge on any atom is -0.496 e. The summed E-state index contributed by atoms with van der Waals surface area (Å²) in [5.41, 5.74) is 2.05. The SMILES string of the molecule is COc1ccnc2c1cc(C)n2CCNc1cc(Cl)ncn1. The lowest BCUT2D eigenvalue weighted by molar-refractivity contribution is 0.419. The summed E-state index contributed by atoms with van der Waals surface area (Å²) in [6.45, 7) is 3.52. The highest BCUT2D eigenvalue weighted by Crippen LogP contribution is 2.26. The van der Waals surface area contributed by atoms with Crippen LogP contribution in [0.3, 0.4) is 0 Å². The van der Waals surface area contributed by atoms with Crippen molar-refractivity contribution >= 4 is 28.5 Å². The van der Waals surface area contributed by atoms with E-state index in [0.29, 0.717) is 17.5 Å². The molecule has 0 saturated heterocycles. The molecule has 0 aliphatic carbocycles. The summed E-state index contributed by atoms with van der Waals surface area (Å²) in [5.74, 6) is 1.54. The molecule has 0 bridgehead atoms. The van der Waals surface area contributed by atoms with Gasteiger partial charge in [0.15, 0.2) is 0 Å². The summed E-state index contributed by atoms with van der Waals surface area (Å²) in [5, 5.41) is 4.67. The van der Waals surface area contributed by atoms with Crippen molar-refractivity contribution in [1.29, 1.82) is 0 Å². The molecule has 0 amide bonds. The van der Waals surface area contributed by atoms with Crippen molar-refractivity contribution in [3.8, 4) is 5.75 Å². The molecule has 0 atom stereocenters. The highest BCUT2D eigenvalue weighted by Gasteiger charge is 2.10. The van der Waals surface area contributed by atoms with E-state index in [1.807, 2.05) is 6.07 Å². The van der Waals surface area contributed by atoms with E-state index in [-0.39, 0.29) is 0 Å². The van der Waals surface area contributed by atoms with Crippen molar-refractivity contribution in [3.05, 3.63) is 41.6 Å². The van der Waals surface area contributed by atoms with Gasteiger partial charge < -0.3 is 14.6 Å². The van der Waals surface area contributed by atoms with Gasteiger partial charge in [-0.15, -0.1) is 0 Å². The number of ether oxygens (including phenoxy) is 1. The van der Waals surface area contributed by atoms with E-state index in [1.54, 1.807) is 19.4 Å². The Morgan fingerprint density at radius 1 is 1.27 bits per heavy atom. The molecule has 3 heterocycles. The van der Waals surface area contributed by atoms with Crippen LogP contribution in [0.1, 0.15) is 5.69 Å². The molecule has 0 fully saturated rings. The first kappa shape index (κ1) is 14.6. The predicted octanol–water partition coefficient (Wildman–Crippen LogP) is 2.91. The number of nitrogens with one attached hydrogen (secondary N) is 1. The fourth-order valence-corrected chi connectivity index (χ4v) is 2.58. The molecule has 3 rings (SSSR count). The maximum absolute atomic E-state index is 5.84. The zero-order chi connectivity index (χ0) is 15.5. The van der Waals surface area contributed by atoms with Gasteiger partial charge in [-0.2, -0.15) is 0 Å². The summed E-state index contributed by atoms with van der Waals surface area (Å²) in [6.07, 6.45) is 3.20. The van der Waals surface area contributed by atoms with Gasteiger partial charge in [-0.3, -0.25) is 0 Å². The number of hydrogen-bond acceptors (Lipinski definition) is 5.